The molecule has 0 amide bonds. The van der Waals surface area contributed by atoms with Gasteiger partial charge in [-0.25, -0.2) is 13.2 Å². The van der Waals surface area contributed by atoms with Gasteiger partial charge in [0.1, 0.15) is 11.3 Å². The zero-order valence-corrected chi connectivity index (χ0v) is 13.5. The fourth-order valence-corrected chi connectivity index (χ4v) is 4.11. The third-order valence-electron chi connectivity index (χ3n) is 3.43. The molecule has 0 spiro atoms. The van der Waals surface area contributed by atoms with Gasteiger partial charge in [-0.2, -0.15) is 4.31 Å². The summed E-state index contributed by atoms with van der Waals surface area (Å²) in [6.07, 6.45) is -0.425. The van der Waals surface area contributed by atoms with E-state index in [2.05, 4.69) is 0 Å². The Labute approximate surface area is 129 Å². The zero-order valence-electron chi connectivity index (χ0n) is 12.6. The van der Waals surface area contributed by atoms with E-state index in [1.165, 1.54) is 23.5 Å². The summed E-state index contributed by atoms with van der Waals surface area (Å²) in [5.41, 5.74) is -0.182. The van der Waals surface area contributed by atoms with Crippen LogP contribution in [0.4, 0.5) is 0 Å². The van der Waals surface area contributed by atoms with Crippen molar-refractivity contribution in [1.29, 1.82) is 0 Å². The number of carbonyl (C=O) groups is 1. The number of morpholine rings is 1. The predicted molar refractivity (Wildman–Crippen MR) is 78.7 cm³/mol. The summed E-state index contributed by atoms with van der Waals surface area (Å²) >= 11 is 0. The number of methoxy groups -OCH3 is 1. The Bertz CT molecular complexity index is 662. The maximum absolute atomic E-state index is 12.7. The Morgan fingerprint density at radius 3 is 2.41 bits per heavy atom. The van der Waals surface area contributed by atoms with Gasteiger partial charge < -0.3 is 14.6 Å². The van der Waals surface area contributed by atoms with Gasteiger partial charge in [0, 0.05) is 13.1 Å². The molecule has 2 rings (SSSR count). The maximum atomic E-state index is 12.7. The number of carboxylic acid groups (broad SMARTS) is 1. The van der Waals surface area contributed by atoms with Crippen LogP contribution in [0.1, 0.15) is 24.2 Å². The number of carboxylic acids is 1. The van der Waals surface area contributed by atoms with E-state index in [1.54, 1.807) is 13.8 Å². The molecule has 1 aliphatic heterocycles. The SMILES string of the molecule is COc1ccc(S(=O)(=O)N2C[C@@H](C)O[C@@H](C)C2)cc1C(=O)O. The molecular weight excluding hydrogens is 310 g/mol. The lowest BCUT2D eigenvalue weighted by molar-refractivity contribution is -0.0440. The van der Waals surface area contributed by atoms with E-state index >= 15 is 0 Å². The maximum Gasteiger partial charge on any atom is 0.339 e. The number of hydrogen-bond donors (Lipinski definition) is 1. The molecule has 1 saturated heterocycles. The Morgan fingerprint density at radius 1 is 1.32 bits per heavy atom. The van der Waals surface area contributed by atoms with Gasteiger partial charge in [-0.1, -0.05) is 0 Å². The Morgan fingerprint density at radius 2 is 1.91 bits per heavy atom. The highest BCUT2D eigenvalue weighted by Crippen LogP contribution is 2.26. The van der Waals surface area contributed by atoms with Crippen LogP contribution in [-0.2, 0) is 14.8 Å². The van der Waals surface area contributed by atoms with Gasteiger partial charge in [0.05, 0.1) is 24.2 Å². The molecular formula is C14H19NO6S. The highest BCUT2D eigenvalue weighted by Gasteiger charge is 2.32. The first kappa shape index (κ1) is 16.7. The van der Waals surface area contributed by atoms with Gasteiger partial charge in [0.15, 0.2) is 0 Å². The lowest BCUT2D eigenvalue weighted by Gasteiger charge is -2.34. The van der Waals surface area contributed by atoms with Gasteiger partial charge in [0.25, 0.3) is 0 Å². The zero-order chi connectivity index (χ0) is 16.5. The van der Waals surface area contributed by atoms with E-state index in [0.717, 1.165) is 6.07 Å². The van der Waals surface area contributed by atoms with Crippen molar-refractivity contribution >= 4 is 16.0 Å². The standard InChI is InChI=1S/C14H19NO6S/c1-9-7-15(8-10(2)21-9)22(18,19)11-4-5-13(20-3)12(6-11)14(16)17/h4-6,9-10H,7-8H2,1-3H3,(H,16,17)/t9-,10+. The molecule has 1 heterocycles. The Hall–Kier alpha value is -1.64. The van der Waals surface area contributed by atoms with Gasteiger partial charge >= 0.3 is 5.97 Å². The van der Waals surface area contributed by atoms with Crippen molar-refractivity contribution in [2.45, 2.75) is 31.0 Å². The summed E-state index contributed by atoms with van der Waals surface area (Å²) in [4.78, 5) is 11.2. The molecule has 122 valence electrons. The molecule has 0 radical (unpaired) electrons. The lowest BCUT2D eigenvalue weighted by Crippen LogP contribution is -2.48. The molecule has 0 unspecified atom stereocenters. The van der Waals surface area contributed by atoms with Crippen molar-refractivity contribution in [3.05, 3.63) is 23.8 Å². The highest BCUT2D eigenvalue weighted by molar-refractivity contribution is 7.89. The molecule has 0 bridgehead atoms. The summed E-state index contributed by atoms with van der Waals surface area (Å²) in [6, 6.07) is 3.83. The average molecular weight is 329 g/mol. The van der Waals surface area contributed by atoms with Crippen LogP contribution in [0.3, 0.4) is 0 Å². The summed E-state index contributed by atoms with van der Waals surface area (Å²) in [7, 11) is -2.44. The number of nitrogens with zero attached hydrogens (tertiary/aromatic N) is 1. The third kappa shape index (κ3) is 3.23. The minimum atomic E-state index is -3.77. The van der Waals surface area contributed by atoms with Crippen molar-refractivity contribution in [1.82, 2.24) is 4.31 Å². The lowest BCUT2D eigenvalue weighted by atomic mass is 10.2. The fourth-order valence-electron chi connectivity index (χ4n) is 2.49. The normalized spacial score (nSPS) is 23.2. The number of benzene rings is 1. The molecule has 1 N–H and O–H groups in total. The largest absolute Gasteiger partial charge is 0.496 e. The third-order valence-corrected chi connectivity index (χ3v) is 5.25. The molecule has 1 aromatic rings. The second-order valence-corrected chi connectivity index (χ2v) is 7.18. The Balaban J connectivity index is 2.41. The topological polar surface area (TPSA) is 93.1 Å². The molecule has 1 fully saturated rings. The van der Waals surface area contributed by atoms with Crippen LogP contribution in [-0.4, -0.2) is 56.2 Å². The molecule has 0 saturated carbocycles. The summed E-state index contributed by atoms with van der Waals surface area (Å²) in [5.74, 6) is -1.12. The van der Waals surface area contributed by atoms with E-state index in [1.807, 2.05) is 0 Å². The van der Waals surface area contributed by atoms with Crippen LogP contribution >= 0.6 is 0 Å². The van der Waals surface area contributed by atoms with Gasteiger partial charge in [-0.15, -0.1) is 0 Å². The van der Waals surface area contributed by atoms with Crippen LogP contribution in [0.15, 0.2) is 23.1 Å². The average Bonchev–Trinajstić information content (AvgIpc) is 2.45. The smallest absolute Gasteiger partial charge is 0.339 e. The summed E-state index contributed by atoms with van der Waals surface area (Å²) < 4.78 is 37.2. The van der Waals surface area contributed by atoms with Crippen molar-refractivity contribution in [2.75, 3.05) is 20.2 Å². The summed E-state index contributed by atoms with van der Waals surface area (Å²) in [6.45, 7) is 4.08. The van der Waals surface area contributed by atoms with E-state index in [9.17, 15) is 18.3 Å². The molecule has 1 aromatic carbocycles. The van der Waals surface area contributed by atoms with Crippen LogP contribution < -0.4 is 4.74 Å². The van der Waals surface area contributed by atoms with E-state index in [-0.39, 0.29) is 41.5 Å². The number of sulfonamides is 1. The highest BCUT2D eigenvalue weighted by atomic mass is 32.2. The number of hydrogen-bond acceptors (Lipinski definition) is 5. The number of rotatable bonds is 4. The van der Waals surface area contributed by atoms with Crippen LogP contribution in [0.2, 0.25) is 0 Å². The molecule has 2 atom stereocenters. The van der Waals surface area contributed by atoms with E-state index in [4.69, 9.17) is 9.47 Å². The molecule has 0 aromatic heterocycles. The molecule has 22 heavy (non-hydrogen) atoms. The molecule has 0 aliphatic carbocycles. The van der Waals surface area contributed by atoms with Crippen molar-refractivity contribution in [3.63, 3.8) is 0 Å². The predicted octanol–water partition coefficient (Wildman–Crippen LogP) is 1.19. The second-order valence-electron chi connectivity index (χ2n) is 5.25. The minimum Gasteiger partial charge on any atom is -0.496 e. The minimum absolute atomic E-state index is 0.0630. The van der Waals surface area contributed by atoms with Gasteiger partial charge in [-0.3, -0.25) is 0 Å². The van der Waals surface area contributed by atoms with Gasteiger partial charge in [0.2, 0.25) is 10.0 Å². The quantitative estimate of drug-likeness (QED) is 0.892. The van der Waals surface area contributed by atoms with Crippen molar-refractivity contribution < 1.29 is 27.8 Å². The summed E-state index contributed by atoms with van der Waals surface area (Å²) in [5, 5.41) is 9.17. The van der Waals surface area contributed by atoms with E-state index in [0.29, 0.717) is 0 Å². The van der Waals surface area contributed by atoms with E-state index < -0.39 is 16.0 Å². The number of aromatic carboxylic acids is 1. The first-order chi connectivity index (χ1) is 10.3. The Kier molecular flexibility index (Phi) is 4.74. The number of ether oxygens (including phenoxy) is 2. The van der Waals surface area contributed by atoms with Crippen molar-refractivity contribution in [3.8, 4) is 5.75 Å². The van der Waals surface area contributed by atoms with Crippen LogP contribution in [0, 0.1) is 0 Å². The first-order valence-electron chi connectivity index (χ1n) is 6.82. The monoisotopic (exact) mass is 329 g/mol. The van der Waals surface area contributed by atoms with Crippen LogP contribution in [0.5, 0.6) is 5.75 Å². The molecule has 1 aliphatic rings. The second kappa shape index (κ2) is 6.23. The first-order valence-corrected chi connectivity index (χ1v) is 8.26. The van der Waals surface area contributed by atoms with Crippen LogP contribution in [0.25, 0.3) is 0 Å². The fraction of sp³-hybridized carbons (Fsp3) is 0.500. The van der Waals surface area contributed by atoms with Crippen molar-refractivity contribution in [2.24, 2.45) is 0 Å². The molecule has 7 nitrogen and oxygen atoms in total. The molecule has 8 heteroatoms. The van der Waals surface area contributed by atoms with Gasteiger partial charge in [-0.05, 0) is 32.0 Å².